The number of carboxylic acid groups (broad SMARTS) is 1. The molecule has 2 aliphatic heterocycles. The number of pyridine rings is 1. The summed E-state index contributed by atoms with van der Waals surface area (Å²) in [5.41, 5.74) is 3.13. The van der Waals surface area contributed by atoms with Gasteiger partial charge >= 0.3 is 12.1 Å². The highest BCUT2D eigenvalue weighted by atomic mass is 19.4. The zero-order chi connectivity index (χ0) is 28.9. The number of halogens is 4. The second-order valence-corrected chi connectivity index (χ2v) is 9.22. The lowest BCUT2D eigenvalue weighted by atomic mass is 10.1. The van der Waals surface area contributed by atoms with E-state index in [-0.39, 0.29) is 11.7 Å². The summed E-state index contributed by atoms with van der Waals surface area (Å²) >= 11 is 0. The van der Waals surface area contributed by atoms with Gasteiger partial charge in [0.25, 0.3) is 0 Å². The minimum atomic E-state index is -5.08. The van der Waals surface area contributed by atoms with Gasteiger partial charge in [-0.3, -0.25) is 9.69 Å². The Balaban J connectivity index is 0.000000470. The van der Waals surface area contributed by atoms with Gasteiger partial charge in [0, 0.05) is 51.8 Å². The number of aromatic nitrogens is 3. The predicted molar refractivity (Wildman–Crippen MR) is 137 cm³/mol. The van der Waals surface area contributed by atoms with E-state index < -0.39 is 12.1 Å². The zero-order valence-corrected chi connectivity index (χ0v) is 21.7. The third-order valence-electron chi connectivity index (χ3n) is 6.45. The van der Waals surface area contributed by atoms with Crippen LogP contribution in [0.5, 0.6) is 0 Å². The number of morpholine rings is 1. The quantitative estimate of drug-likeness (QED) is 0.478. The van der Waals surface area contributed by atoms with Crippen molar-refractivity contribution in [1.82, 2.24) is 24.8 Å². The third kappa shape index (κ3) is 7.39. The summed E-state index contributed by atoms with van der Waals surface area (Å²) in [6.45, 7) is 8.06. The first-order valence-electron chi connectivity index (χ1n) is 12.6. The van der Waals surface area contributed by atoms with Crippen molar-refractivity contribution in [3.8, 4) is 11.3 Å². The van der Waals surface area contributed by atoms with E-state index in [1.807, 2.05) is 17.0 Å². The molecule has 2 aromatic heterocycles. The molecule has 4 heterocycles. The Morgan fingerprint density at radius 1 is 0.925 bits per heavy atom. The SMILES string of the molecule is CC(=O)N1CCN(Cc2nc(N3CCOCC3)c3nc(-c4ccc(F)cc4)ccc3n2)CC1.O=C(O)C(F)(F)F. The van der Waals surface area contributed by atoms with Crippen molar-refractivity contribution in [2.45, 2.75) is 19.6 Å². The van der Waals surface area contributed by atoms with Gasteiger partial charge in [0.2, 0.25) is 5.91 Å². The molecular weight excluding hydrogens is 536 g/mol. The highest BCUT2D eigenvalue weighted by Gasteiger charge is 2.38. The van der Waals surface area contributed by atoms with Crippen LogP contribution in [0.3, 0.4) is 0 Å². The fourth-order valence-electron chi connectivity index (χ4n) is 4.31. The molecule has 1 N–H and O–H groups in total. The number of nitrogens with zero attached hydrogens (tertiary/aromatic N) is 6. The lowest BCUT2D eigenvalue weighted by molar-refractivity contribution is -0.192. The predicted octanol–water partition coefficient (Wildman–Crippen LogP) is 2.96. The summed E-state index contributed by atoms with van der Waals surface area (Å²) in [4.78, 5) is 41.5. The number of carbonyl (C=O) groups excluding carboxylic acids is 1. The van der Waals surface area contributed by atoms with E-state index in [9.17, 15) is 22.4 Å². The first kappa shape index (κ1) is 29.1. The normalized spacial score (nSPS) is 16.4. The molecule has 0 radical (unpaired) electrons. The highest BCUT2D eigenvalue weighted by Crippen LogP contribution is 2.27. The van der Waals surface area contributed by atoms with E-state index >= 15 is 0 Å². The smallest absolute Gasteiger partial charge is 0.475 e. The van der Waals surface area contributed by atoms with Gasteiger partial charge in [-0.05, 0) is 36.4 Å². The van der Waals surface area contributed by atoms with Gasteiger partial charge in [0.05, 0.1) is 31.0 Å². The van der Waals surface area contributed by atoms with Crippen molar-refractivity contribution in [3.63, 3.8) is 0 Å². The van der Waals surface area contributed by atoms with Crippen molar-refractivity contribution in [2.75, 3.05) is 57.4 Å². The first-order chi connectivity index (χ1) is 19.0. The fourth-order valence-corrected chi connectivity index (χ4v) is 4.31. The van der Waals surface area contributed by atoms with Crippen molar-refractivity contribution in [3.05, 3.63) is 48.0 Å². The standard InChI is InChI=1S/C24H27FN6O2.C2HF3O2/c1-17(32)30-10-8-29(9-11-30)16-22-26-21-7-6-20(18-2-4-19(25)5-3-18)27-23(21)24(28-22)31-12-14-33-15-13-31;3-2(4,5)1(6)7/h2-7H,8-16H2,1H3;(H,6,7). The third-order valence-corrected chi connectivity index (χ3v) is 6.45. The molecule has 0 unspecified atom stereocenters. The number of fused-ring (bicyclic) bond motifs is 1. The number of ether oxygens (including phenoxy) is 1. The Morgan fingerprint density at radius 2 is 1.55 bits per heavy atom. The van der Waals surface area contributed by atoms with E-state index in [0.717, 1.165) is 73.2 Å². The van der Waals surface area contributed by atoms with Crippen LogP contribution < -0.4 is 4.90 Å². The number of alkyl halides is 3. The molecule has 214 valence electrons. The highest BCUT2D eigenvalue weighted by molar-refractivity contribution is 5.87. The number of rotatable bonds is 4. The molecule has 0 bridgehead atoms. The van der Waals surface area contributed by atoms with Crippen molar-refractivity contribution in [1.29, 1.82) is 0 Å². The Labute approximate surface area is 227 Å². The van der Waals surface area contributed by atoms with Crippen LogP contribution in [0.15, 0.2) is 36.4 Å². The first-order valence-corrected chi connectivity index (χ1v) is 12.6. The van der Waals surface area contributed by atoms with Crippen LogP contribution in [-0.4, -0.2) is 100 Å². The van der Waals surface area contributed by atoms with E-state index in [2.05, 4.69) is 9.80 Å². The van der Waals surface area contributed by atoms with Crippen molar-refractivity contribution < 1.29 is 37.0 Å². The summed E-state index contributed by atoms with van der Waals surface area (Å²) < 4.78 is 50.7. The number of amides is 1. The number of carboxylic acids is 1. The molecule has 10 nitrogen and oxygen atoms in total. The van der Waals surface area contributed by atoms with Crippen LogP contribution >= 0.6 is 0 Å². The summed E-state index contributed by atoms with van der Waals surface area (Å²) in [5, 5.41) is 7.12. The summed E-state index contributed by atoms with van der Waals surface area (Å²) in [6, 6.07) is 10.2. The number of anilines is 1. The van der Waals surface area contributed by atoms with Crippen LogP contribution in [0.1, 0.15) is 12.7 Å². The zero-order valence-electron chi connectivity index (χ0n) is 21.7. The van der Waals surface area contributed by atoms with Crippen molar-refractivity contribution >= 4 is 28.7 Å². The van der Waals surface area contributed by atoms with E-state index in [0.29, 0.717) is 19.8 Å². The molecule has 5 rings (SSSR count). The maximum atomic E-state index is 13.4. The number of carbonyl (C=O) groups is 2. The van der Waals surface area contributed by atoms with Crippen LogP contribution in [0.2, 0.25) is 0 Å². The van der Waals surface area contributed by atoms with E-state index in [1.54, 1.807) is 19.1 Å². The maximum absolute atomic E-state index is 13.4. The van der Waals surface area contributed by atoms with E-state index in [4.69, 9.17) is 29.6 Å². The molecule has 3 aromatic rings. The van der Waals surface area contributed by atoms with E-state index in [1.165, 1.54) is 12.1 Å². The Hall–Kier alpha value is -3.91. The molecule has 40 heavy (non-hydrogen) atoms. The number of benzene rings is 1. The van der Waals surface area contributed by atoms with Gasteiger partial charge in [-0.25, -0.2) is 24.1 Å². The monoisotopic (exact) mass is 564 g/mol. The molecule has 1 aromatic carbocycles. The topological polar surface area (TPSA) is 112 Å². The number of hydrogen-bond acceptors (Lipinski definition) is 8. The summed E-state index contributed by atoms with van der Waals surface area (Å²) in [7, 11) is 0. The molecule has 0 aliphatic carbocycles. The average Bonchev–Trinajstić information content (AvgIpc) is 2.93. The largest absolute Gasteiger partial charge is 0.490 e. The van der Waals surface area contributed by atoms with Gasteiger partial charge in [0.1, 0.15) is 17.2 Å². The van der Waals surface area contributed by atoms with Crippen LogP contribution in [0, 0.1) is 5.82 Å². The van der Waals surface area contributed by atoms with Gasteiger partial charge in [-0.2, -0.15) is 13.2 Å². The fraction of sp³-hybridized carbons (Fsp3) is 0.423. The molecule has 14 heteroatoms. The molecule has 0 spiro atoms. The average molecular weight is 565 g/mol. The molecule has 2 fully saturated rings. The number of hydrogen-bond donors (Lipinski definition) is 1. The van der Waals surface area contributed by atoms with Gasteiger partial charge in [-0.15, -0.1) is 0 Å². The maximum Gasteiger partial charge on any atom is 0.490 e. The Kier molecular flexibility index (Phi) is 9.10. The minimum Gasteiger partial charge on any atom is -0.475 e. The molecule has 1 amide bonds. The molecular formula is C26H28F4N6O4. The van der Waals surface area contributed by atoms with Gasteiger partial charge < -0.3 is 19.6 Å². The second-order valence-electron chi connectivity index (χ2n) is 9.22. The molecule has 2 aliphatic rings. The Bertz CT molecular complexity index is 1340. The lowest BCUT2D eigenvalue weighted by Gasteiger charge is -2.34. The molecule has 0 saturated carbocycles. The minimum absolute atomic E-state index is 0.120. The Morgan fingerprint density at radius 3 is 2.12 bits per heavy atom. The van der Waals surface area contributed by atoms with Crippen LogP contribution in [-0.2, 0) is 20.9 Å². The van der Waals surface area contributed by atoms with Crippen LogP contribution in [0.4, 0.5) is 23.4 Å². The summed E-state index contributed by atoms with van der Waals surface area (Å²) in [5.74, 6) is -1.35. The molecule has 2 saturated heterocycles. The van der Waals surface area contributed by atoms with Gasteiger partial charge in [0.15, 0.2) is 5.82 Å². The summed E-state index contributed by atoms with van der Waals surface area (Å²) in [6.07, 6.45) is -5.08. The van der Waals surface area contributed by atoms with Crippen molar-refractivity contribution in [2.24, 2.45) is 0 Å². The molecule has 0 atom stereocenters. The number of aliphatic carboxylic acids is 1. The number of piperazine rings is 1. The van der Waals surface area contributed by atoms with Crippen LogP contribution in [0.25, 0.3) is 22.3 Å². The second kappa shape index (κ2) is 12.5. The van der Waals surface area contributed by atoms with Gasteiger partial charge in [-0.1, -0.05) is 0 Å². The lowest BCUT2D eigenvalue weighted by Crippen LogP contribution is -2.47.